The molecule has 0 aromatic carbocycles. The normalized spacial score (nSPS) is 12.2. The summed E-state index contributed by atoms with van der Waals surface area (Å²) in [4.78, 5) is 12.2. The molecular weight excluding hydrogens is 220 g/mol. The van der Waals surface area contributed by atoms with E-state index in [0.29, 0.717) is 6.54 Å². The fourth-order valence-corrected chi connectivity index (χ4v) is 2.10. The molecule has 78 valence electrons. The van der Waals surface area contributed by atoms with Gasteiger partial charge in [0.2, 0.25) is 0 Å². The van der Waals surface area contributed by atoms with Crippen LogP contribution in [0.25, 0.3) is 0 Å². The molecule has 0 aliphatic rings. The van der Waals surface area contributed by atoms with Crippen molar-refractivity contribution in [1.82, 2.24) is 10.6 Å². The van der Waals surface area contributed by atoms with Gasteiger partial charge in [-0.1, -0.05) is 11.6 Å². The summed E-state index contributed by atoms with van der Waals surface area (Å²) in [6.07, 6.45) is 0. The number of thiophene rings is 1. The third-order valence-corrected chi connectivity index (χ3v) is 3.12. The Balaban J connectivity index is 2.50. The molecule has 1 atom stereocenters. The Labute approximate surface area is 92.5 Å². The van der Waals surface area contributed by atoms with E-state index >= 15 is 0 Å². The van der Waals surface area contributed by atoms with E-state index in [1.165, 1.54) is 11.3 Å². The average molecular weight is 233 g/mol. The van der Waals surface area contributed by atoms with E-state index < -0.39 is 0 Å². The van der Waals surface area contributed by atoms with Crippen LogP contribution >= 0.6 is 22.9 Å². The number of urea groups is 1. The number of nitrogens with one attached hydrogen (secondary N) is 2. The fourth-order valence-electron chi connectivity index (χ4n) is 1.04. The van der Waals surface area contributed by atoms with E-state index in [1.54, 1.807) is 0 Å². The maximum atomic E-state index is 11.2. The van der Waals surface area contributed by atoms with Crippen LogP contribution in [-0.4, -0.2) is 12.6 Å². The molecule has 2 amide bonds. The van der Waals surface area contributed by atoms with Gasteiger partial charge in [-0.3, -0.25) is 0 Å². The largest absolute Gasteiger partial charge is 0.338 e. The molecule has 14 heavy (non-hydrogen) atoms. The Morgan fingerprint density at radius 2 is 2.36 bits per heavy atom. The van der Waals surface area contributed by atoms with E-state index in [-0.39, 0.29) is 12.1 Å². The molecule has 5 heteroatoms. The van der Waals surface area contributed by atoms with Crippen molar-refractivity contribution in [3.05, 3.63) is 21.3 Å². The Bertz CT molecular complexity index is 314. The monoisotopic (exact) mass is 232 g/mol. The van der Waals surface area contributed by atoms with E-state index in [1.807, 2.05) is 26.0 Å². The molecule has 0 fully saturated rings. The number of halogens is 1. The van der Waals surface area contributed by atoms with Crippen LogP contribution in [0, 0.1) is 0 Å². The van der Waals surface area contributed by atoms with Crippen LogP contribution in [0.15, 0.2) is 12.1 Å². The van der Waals surface area contributed by atoms with Crippen LogP contribution in [0.5, 0.6) is 0 Å². The van der Waals surface area contributed by atoms with Gasteiger partial charge in [0.15, 0.2) is 0 Å². The zero-order chi connectivity index (χ0) is 10.6. The van der Waals surface area contributed by atoms with Crippen LogP contribution in [0.4, 0.5) is 4.79 Å². The van der Waals surface area contributed by atoms with E-state index in [2.05, 4.69) is 10.6 Å². The molecule has 0 aliphatic carbocycles. The molecule has 0 aliphatic heterocycles. The van der Waals surface area contributed by atoms with Crippen molar-refractivity contribution >= 4 is 29.0 Å². The third-order valence-electron chi connectivity index (χ3n) is 1.71. The summed E-state index contributed by atoms with van der Waals surface area (Å²) < 4.78 is 0.740. The topological polar surface area (TPSA) is 41.1 Å². The van der Waals surface area contributed by atoms with E-state index in [0.717, 1.165) is 9.21 Å². The second-order valence-corrected chi connectivity index (χ2v) is 4.61. The molecule has 0 spiro atoms. The Kier molecular flexibility index (Phi) is 4.22. The summed E-state index contributed by atoms with van der Waals surface area (Å²) in [6.45, 7) is 4.44. The van der Waals surface area contributed by atoms with Crippen LogP contribution < -0.4 is 10.6 Å². The van der Waals surface area contributed by atoms with Crippen molar-refractivity contribution in [2.45, 2.75) is 19.9 Å². The highest BCUT2D eigenvalue weighted by molar-refractivity contribution is 7.16. The summed E-state index contributed by atoms with van der Waals surface area (Å²) in [5.74, 6) is 0. The number of carbonyl (C=O) groups excluding carboxylic acids is 1. The second-order valence-electron chi connectivity index (χ2n) is 2.87. The van der Waals surface area contributed by atoms with Crippen molar-refractivity contribution in [1.29, 1.82) is 0 Å². The lowest BCUT2D eigenvalue weighted by Crippen LogP contribution is -2.36. The van der Waals surface area contributed by atoms with Gasteiger partial charge in [0.25, 0.3) is 0 Å². The van der Waals surface area contributed by atoms with Gasteiger partial charge in [-0.2, -0.15) is 0 Å². The molecule has 0 saturated heterocycles. The lowest BCUT2D eigenvalue weighted by Gasteiger charge is -2.11. The molecule has 0 bridgehead atoms. The fraction of sp³-hybridized carbons (Fsp3) is 0.444. The number of hydrogen-bond acceptors (Lipinski definition) is 2. The smallest absolute Gasteiger partial charge is 0.315 e. The summed E-state index contributed by atoms with van der Waals surface area (Å²) >= 11 is 7.27. The molecule has 1 rings (SSSR count). The molecule has 2 N–H and O–H groups in total. The first-order chi connectivity index (χ1) is 6.63. The maximum Gasteiger partial charge on any atom is 0.315 e. The zero-order valence-corrected chi connectivity index (χ0v) is 9.71. The van der Waals surface area contributed by atoms with Crippen molar-refractivity contribution in [3.63, 3.8) is 0 Å². The van der Waals surface area contributed by atoms with Gasteiger partial charge in [-0.15, -0.1) is 11.3 Å². The highest BCUT2D eigenvalue weighted by Crippen LogP contribution is 2.26. The van der Waals surface area contributed by atoms with Crippen LogP contribution in [0.1, 0.15) is 24.8 Å². The standard InChI is InChI=1S/C9H13ClN2OS/c1-3-11-9(13)12-6(2)7-4-5-8(10)14-7/h4-6H,3H2,1-2H3,(H2,11,12,13). The van der Waals surface area contributed by atoms with Crippen molar-refractivity contribution in [2.24, 2.45) is 0 Å². The number of hydrogen-bond donors (Lipinski definition) is 2. The summed E-state index contributed by atoms with van der Waals surface area (Å²) in [7, 11) is 0. The van der Waals surface area contributed by atoms with Crippen molar-refractivity contribution in [2.75, 3.05) is 6.54 Å². The first-order valence-electron chi connectivity index (χ1n) is 4.43. The van der Waals surface area contributed by atoms with E-state index in [4.69, 9.17) is 11.6 Å². The lowest BCUT2D eigenvalue weighted by molar-refractivity contribution is 0.238. The van der Waals surface area contributed by atoms with Crippen LogP contribution in [-0.2, 0) is 0 Å². The van der Waals surface area contributed by atoms with Crippen molar-refractivity contribution < 1.29 is 4.79 Å². The highest BCUT2D eigenvalue weighted by atomic mass is 35.5. The Morgan fingerprint density at radius 1 is 1.64 bits per heavy atom. The molecule has 1 aromatic rings. The number of amides is 2. The van der Waals surface area contributed by atoms with Crippen molar-refractivity contribution in [3.8, 4) is 0 Å². The van der Waals surface area contributed by atoms with E-state index in [9.17, 15) is 4.79 Å². The summed E-state index contributed by atoms with van der Waals surface area (Å²) in [5.41, 5.74) is 0. The molecule has 0 radical (unpaired) electrons. The number of carbonyl (C=O) groups is 1. The minimum atomic E-state index is -0.149. The molecule has 1 aromatic heterocycles. The minimum Gasteiger partial charge on any atom is -0.338 e. The zero-order valence-electron chi connectivity index (χ0n) is 8.13. The van der Waals surface area contributed by atoms with Gasteiger partial charge < -0.3 is 10.6 Å². The Hall–Kier alpha value is -0.740. The first-order valence-corrected chi connectivity index (χ1v) is 5.62. The first kappa shape index (κ1) is 11.3. The SMILES string of the molecule is CCNC(=O)NC(C)c1ccc(Cl)s1. The maximum absolute atomic E-state index is 11.2. The van der Waals surface area contributed by atoms with Crippen LogP contribution in [0.2, 0.25) is 4.34 Å². The molecule has 0 saturated carbocycles. The summed E-state index contributed by atoms with van der Waals surface area (Å²) in [6, 6.07) is 3.60. The van der Waals surface area contributed by atoms with Gasteiger partial charge in [-0.05, 0) is 26.0 Å². The molecular formula is C9H13ClN2OS. The van der Waals surface area contributed by atoms with Gasteiger partial charge in [0, 0.05) is 11.4 Å². The van der Waals surface area contributed by atoms with Gasteiger partial charge in [0.1, 0.15) is 0 Å². The lowest BCUT2D eigenvalue weighted by atomic mass is 10.3. The van der Waals surface area contributed by atoms with Crippen LogP contribution in [0.3, 0.4) is 0 Å². The average Bonchev–Trinajstić information content (AvgIpc) is 2.52. The molecule has 1 heterocycles. The second kappa shape index (κ2) is 5.22. The van der Waals surface area contributed by atoms with Gasteiger partial charge >= 0.3 is 6.03 Å². The highest BCUT2D eigenvalue weighted by Gasteiger charge is 2.10. The third kappa shape index (κ3) is 3.20. The Morgan fingerprint density at radius 3 is 2.86 bits per heavy atom. The predicted molar refractivity (Wildman–Crippen MR) is 60.0 cm³/mol. The number of rotatable bonds is 3. The minimum absolute atomic E-state index is 0.000880. The molecule has 3 nitrogen and oxygen atoms in total. The molecule has 1 unspecified atom stereocenters. The van der Waals surface area contributed by atoms with Gasteiger partial charge in [0.05, 0.1) is 10.4 Å². The van der Waals surface area contributed by atoms with Gasteiger partial charge in [-0.25, -0.2) is 4.79 Å². The quantitative estimate of drug-likeness (QED) is 0.827. The predicted octanol–water partition coefficient (Wildman–Crippen LogP) is 2.78. The summed E-state index contributed by atoms with van der Waals surface area (Å²) in [5, 5.41) is 5.49.